The number of nitro groups is 1. The van der Waals surface area contributed by atoms with Gasteiger partial charge in [-0.3, -0.25) is 14.9 Å². The Morgan fingerprint density at radius 1 is 1.00 bits per heavy atom. The van der Waals surface area contributed by atoms with Gasteiger partial charge in [0.05, 0.1) is 15.5 Å². The van der Waals surface area contributed by atoms with Crippen molar-refractivity contribution in [2.75, 3.05) is 0 Å². The Bertz CT molecular complexity index is 966. The highest BCUT2D eigenvalue weighted by atomic mass is 35.5. The summed E-state index contributed by atoms with van der Waals surface area (Å²) in [5.41, 5.74) is 1.74. The van der Waals surface area contributed by atoms with Crippen LogP contribution in [0.4, 0.5) is 5.69 Å². The molecule has 0 aliphatic carbocycles. The van der Waals surface area contributed by atoms with Crippen molar-refractivity contribution in [3.63, 3.8) is 0 Å². The summed E-state index contributed by atoms with van der Waals surface area (Å²) < 4.78 is 0. The number of allylic oxidation sites excluding steroid dienone is 1. The van der Waals surface area contributed by atoms with E-state index in [4.69, 9.17) is 28.3 Å². The predicted molar refractivity (Wildman–Crippen MR) is 106 cm³/mol. The van der Waals surface area contributed by atoms with Gasteiger partial charge in [0.15, 0.2) is 0 Å². The number of carbonyl (C=O) groups is 1. The number of para-hydroxylation sites is 1. The molecule has 6 nitrogen and oxygen atoms in total. The fraction of sp³-hybridized carbons (Fsp3) is 0. The number of aldehydes is 1. The Hall–Kier alpha value is -3.09. The molecule has 0 amide bonds. The third-order valence-corrected chi connectivity index (χ3v) is 4.03. The normalized spacial score (nSPS) is 10.3. The third kappa shape index (κ3) is 5.44. The molecule has 0 radical (unpaired) electrons. The molecular weight excluding hydrogens is 391 g/mol. The number of H-pyrrole nitrogens is 1. The standard InChI is InChI=1S/C10H6Cl2N2O2.C9H8O2/c11-8-3-1-2-6(10(8)14(15)16)7-4-13-5-9(7)12;10-7-1-2-8-3-5-9(11)6-4-8/h1-5,13H;1-7,11H/b;2-1+. The summed E-state index contributed by atoms with van der Waals surface area (Å²) in [6, 6.07) is 11.3. The summed E-state index contributed by atoms with van der Waals surface area (Å²) in [5, 5.41) is 20.3. The molecule has 1 aromatic heterocycles. The molecular formula is C19H14Cl2N2O4. The summed E-state index contributed by atoms with van der Waals surface area (Å²) in [6.45, 7) is 0. The number of phenols is 1. The van der Waals surface area contributed by atoms with Crippen molar-refractivity contribution in [3.05, 3.63) is 86.7 Å². The van der Waals surface area contributed by atoms with E-state index in [-0.39, 0.29) is 16.5 Å². The van der Waals surface area contributed by atoms with E-state index in [1.807, 2.05) is 0 Å². The van der Waals surface area contributed by atoms with Crippen molar-refractivity contribution >= 4 is 41.3 Å². The van der Waals surface area contributed by atoms with E-state index in [0.717, 1.165) is 5.56 Å². The number of carbonyl (C=O) groups excluding carboxylic acids is 1. The number of phenolic OH excluding ortho intramolecular Hbond substituents is 1. The third-order valence-electron chi connectivity index (χ3n) is 3.41. The highest BCUT2D eigenvalue weighted by Gasteiger charge is 2.21. The number of benzene rings is 2. The second-order valence-electron chi connectivity index (χ2n) is 5.20. The number of nitrogens with zero attached hydrogens (tertiary/aromatic N) is 1. The first-order chi connectivity index (χ1) is 12.9. The topological polar surface area (TPSA) is 96.2 Å². The smallest absolute Gasteiger partial charge is 0.295 e. The molecule has 0 unspecified atom stereocenters. The fourth-order valence-electron chi connectivity index (χ4n) is 2.21. The predicted octanol–water partition coefficient (Wildman–Crippen LogP) is 5.50. The number of aromatic amines is 1. The van der Waals surface area contributed by atoms with Crippen molar-refractivity contribution < 1.29 is 14.8 Å². The van der Waals surface area contributed by atoms with Gasteiger partial charge in [-0.25, -0.2) is 0 Å². The molecule has 138 valence electrons. The van der Waals surface area contributed by atoms with Crippen LogP contribution in [0.15, 0.2) is 60.9 Å². The molecule has 1 heterocycles. The molecule has 0 aliphatic rings. The highest BCUT2D eigenvalue weighted by Crippen LogP contribution is 2.38. The van der Waals surface area contributed by atoms with E-state index in [9.17, 15) is 14.9 Å². The molecule has 0 spiro atoms. The molecule has 0 saturated heterocycles. The second kappa shape index (κ2) is 9.56. The Morgan fingerprint density at radius 3 is 2.26 bits per heavy atom. The fourth-order valence-corrected chi connectivity index (χ4v) is 2.67. The molecule has 0 fully saturated rings. The second-order valence-corrected chi connectivity index (χ2v) is 6.01. The van der Waals surface area contributed by atoms with E-state index in [1.165, 1.54) is 12.1 Å². The summed E-state index contributed by atoms with van der Waals surface area (Å²) in [6.07, 6.45) is 6.95. The lowest BCUT2D eigenvalue weighted by atomic mass is 10.1. The van der Waals surface area contributed by atoms with Gasteiger partial charge in [-0.2, -0.15) is 0 Å². The Kier molecular flexibility index (Phi) is 7.16. The van der Waals surface area contributed by atoms with Gasteiger partial charge in [-0.15, -0.1) is 0 Å². The van der Waals surface area contributed by atoms with E-state index < -0.39 is 4.92 Å². The van der Waals surface area contributed by atoms with E-state index in [0.29, 0.717) is 22.4 Å². The van der Waals surface area contributed by atoms with Gasteiger partial charge in [0.25, 0.3) is 5.69 Å². The average Bonchev–Trinajstić information content (AvgIpc) is 3.07. The molecule has 8 heteroatoms. The van der Waals surface area contributed by atoms with Crippen LogP contribution < -0.4 is 0 Å². The number of hydrogen-bond acceptors (Lipinski definition) is 4. The average molecular weight is 405 g/mol. The SMILES string of the molecule is O=C/C=C/c1ccc(O)cc1.O=[N+]([O-])c1c(Cl)cccc1-c1c[nH]cc1Cl. The maximum absolute atomic E-state index is 10.9. The van der Waals surface area contributed by atoms with Gasteiger partial charge >= 0.3 is 0 Å². The van der Waals surface area contributed by atoms with Crippen LogP contribution >= 0.6 is 23.2 Å². The number of halogens is 2. The van der Waals surface area contributed by atoms with Crippen LogP contribution in [0.25, 0.3) is 17.2 Å². The number of nitrogens with one attached hydrogen (secondary N) is 1. The number of rotatable bonds is 4. The largest absolute Gasteiger partial charge is 0.508 e. The Balaban J connectivity index is 0.000000208. The zero-order chi connectivity index (χ0) is 19.8. The number of nitro benzene ring substituents is 1. The Morgan fingerprint density at radius 2 is 1.70 bits per heavy atom. The molecule has 0 aliphatic heterocycles. The van der Waals surface area contributed by atoms with Crippen LogP contribution in [0.5, 0.6) is 5.75 Å². The van der Waals surface area contributed by atoms with E-state index in [2.05, 4.69) is 4.98 Å². The summed E-state index contributed by atoms with van der Waals surface area (Å²) in [5.74, 6) is 0.230. The summed E-state index contributed by atoms with van der Waals surface area (Å²) in [7, 11) is 0. The maximum atomic E-state index is 10.9. The lowest BCUT2D eigenvalue weighted by Crippen LogP contribution is -1.92. The first-order valence-corrected chi connectivity index (χ1v) is 8.36. The minimum atomic E-state index is -0.513. The summed E-state index contributed by atoms with van der Waals surface area (Å²) >= 11 is 11.7. The van der Waals surface area contributed by atoms with Crippen LogP contribution in [-0.4, -0.2) is 21.3 Å². The molecule has 0 bridgehead atoms. The van der Waals surface area contributed by atoms with Crippen LogP contribution in [-0.2, 0) is 4.79 Å². The summed E-state index contributed by atoms with van der Waals surface area (Å²) in [4.78, 5) is 23.1. The molecule has 27 heavy (non-hydrogen) atoms. The van der Waals surface area contributed by atoms with Gasteiger partial charge in [0.1, 0.15) is 17.1 Å². The van der Waals surface area contributed by atoms with Crippen LogP contribution in [0, 0.1) is 10.1 Å². The van der Waals surface area contributed by atoms with Crippen LogP contribution in [0.1, 0.15) is 5.56 Å². The molecule has 2 aromatic carbocycles. The zero-order valence-corrected chi connectivity index (χ0v) is 15.3. The van der Waals surface area contributed by atoms with Crippen molar-refractivity contribution in [1.82, 2.24) is 4.98 Å². The van der Waals surface area contributed by atoms with Crippen molar-refractivity contribution in [1.29, 1.82) is 0 Å². The van der Waals surface area contributed by atoms with Crippen LogP contribution in [0.2, 0.25) is 10.0 Å². The molecule has 3 rings (SSSR count). The lowest BCUT2D eigenvalue weighted by molar-refractivity contribution is -0.384. The van der Waals surface area contributed by atoms with Gasteiger partial charge in [0, 0.05) is 18.0 Å². The van der Waals surface area contributed by atoms with Crippen molar-refractivity contribution in [2.45, 2.75) is 0 Å². The van der Waals surface area contributed by atoms with Gasteiger partial charge in [-0.05, 0) is 35.9 Å². The molecule has 0 saturated carbocycles. The van der Waals surface area contributed by atoms with E-state index >= 15 is 0 Å². The quantitative estimate of drug-likeness (QED) is 0.259. The van der Waals surface area contributed by atoms with Crippen LogP contribution in [0.3, 0.4) is 0 Å². The number of aromatic nitrogens is 1. The first kappa shape index (κ1) is 20.2. The minimum Gasteiger partial charge on any atom is -0.508 e. The highest BCUT2D eigenvalue weighted by molar-refractivity contribution is 6.35. The molecule has 2 N–H and O–H groups in total. The van der Waals surface area contributed by atoms with Gasteiger partial charge in [0.2, 0.25) is 0 Å². The number of hydrogen-bond donors (Lipinski definition) is 2. The van der Waals surface area contributed by atoms with Crippen molar-refractivity contribution in [3.8, 4) is 16.9 Å². The van der Waals surface area contributed by atoms with Gasteiger partial charge < -0.3 is 10.1 Å². The minimum absolute atomic E-state index is 0.0970. The monoisotopic (exact) mass is 404 g/mol. The number of aromatic hydroxyl groups is 1. The maximum Gasteiger partial charge on any atom is 0.295 e. The zero-order valence-electron chi connectivity index (χ0n) is 13.8. The Labute approximate surface area is 164 Å². The molecule has 3 aromatic rings. The molecule has 0 atom stereocenters. The van der Waals surface area contributed by atoms with Crippen molar-refractivity contribution in [2.24, 2.45) is 0 Å². The van der Waals surface area contributed by atoms with Gasteiger partial charge in [-0.1, -0.05) is 47.5 Å². The lowest BCUT2D eigenvalue weighted by Gasteiger charge is -2.02. The van der Waals surface area contributed by atoms with E-state index in [1.54, 1.807) is 54.9 Å². The first-order valence-electron chi connectivity index (χ1n) is 7.60.